The molecule has 0 spiro atoms. The minimum Gasteiger partial charge on any atom is -0.360 e. The number of nitrogens with one attached hydrogen (secondary N) is 2. The summed E-state index contributed by atoms with van der Waals surface area (Å²) in [6, 6.07) is 8.62. The molecule has 4 atom stereocenters. The van der Waals surface area contributed by atoms with E-state index in [2.05, 4.69) is 44.8 Å². The van der Waals surface area contributed by atoms with Crippen molar-refractivity contribution in [2.45, 2.75) is 43.8 Å². The lowest BCUT2D eigenvalue weighted by Crippen LogP contribution is -2.51. The van der Waals surface area contributed by atoms with Crippen molar-refractivity contribution in [3.05, 3.63) is 29.8 Å². The van der Waals surface area contributed by atoms with Gasteiger partial charge in [0.05, 0.1) is 18.6 Å². The molecule has 3 fully saturated rings. The second-order valence-electron chi connectivity index (χ2n) is 8.54. The first kappa shape index (κ1) is 19.9. The fourth-order valence-corrected chi connectivity index (χ4v) is 4.82. The second kappa shape index (κ2) is 8.53. The van der Waals surface area contributed by atoms with Crippen LogP contribution in [0.2, 0.25) is 0 Å². The van der Waals surface area contributed by atoms with Crippen LogP contribution < -0.4 is 15.5 Å². The van der Waals surface area contributed by atoms with Crippen LogP contribution in [0.1, 0.15) is 24.8 Å². The Labute approximate surface area is 172 Å². The maximum absolute atomic E-state index is 12.8. The molecule has 1 aromatic rings. The molecule has 7 heteroatoms. The smallest absolute Gasteiger partial charge is 0.241 e. The number of hydrogen-bond donors (Lipinski definition) is 2. The lowest BCUT2D eigenvalue weighted by molar-refractivity contribution is -0.129. The molecule has 2 amide bonds. The highest BCUT2D eigenvalue weighted by molar-refractivity contribution is 5.86. The molecule has 3 aliphatic rings. The highest BCUT2D eigenvalue weighted by Crippen LogP contribution is 2.35. The number of hydrogen-bond acceptors (Lipinski definition) is 5. The number of aliphatic imine (C=N–C) groups is 1. The van der Waals surface area contributed by atoms with Crippen LogP contribution in [0.15, 0.2) is 29.3 Å². The van der Waals surface area contributed by atoms with Gasteiger partial charge in [0.1, 0.15) is 0 Å². The van der Waals surface area contributed by atoms with Gasteiger partial charge in [0.2, 0.25) is 11.8 Å². The van der Waals surface area contributed by atoms with Gasteiger partial charge < -0.3 is 20.4 Å². The van der Waals surface area contributed by atoms with Crippen LogP contribution in [-0.2, 0) is 16.0 Å². The zero-order valence-corrected chi connectivity index (χ0v) is 17.3. The summed E-state index contributed by atoms with van der Waals surface area (Å²) in [5, 5.41) is 6.63. The van der Waals surface area contributed by atoms with E-state index in [1.165, 1.54) is 6.42 Å². The van der Waals surface area contributed by atoms with Gasteiger partial charge in [0, 0.05) is 45.1 Å². The van der Waals surface area contributed by atoms with Gasteiger partial charge in [-0.05, 0) is 49.3 Å². The predicted molar refractivity (Wildman–Crippen MR) is 114 cm³/mol. The Morgan fingerprint density at radius 2 is 2.10 bits per heavy atom. The fourth-order valence-electron chi connectivity index (χ4n) is 4.82. The summed E-state index contributed by atoms with van der Waals surface area (Å²) in [4.78, 5) is 32.7. The molecule has 1 saturated carbocycles. The van der Waals surface area contributed by atoms with Gasteiger partial charge in [-0.1, -0.05) is 12.1 Å². The van der Waals surface area contributed by atoms with Gasteiger partial charge >= 0.3 is 0 Å². The van der Waals surface area contributed by atoms with Crippen LogP contribution in [0.4, 0.5) is 5.69 Å². The van der Waals surface area contributed by atoms with E-state index in [0.717, 1.165) is 37.2 Å². The van der Waals surface area contributed by atoms with Crippen molar-refractivity contribution in [3.8, 4) is 0 Å². The first-order valence-corrected chi connectivity index (χ1v) is 10.6. The summed E-state index contributed by atoms with van der Waals surface area (Å²) in [5.74, 6) is 0.718. The lowest BCUT2D eigenvalue weighted by atomic mass is 9.98. The largest absolute Gasteiger partial charge is 0.360 e. The lowest BCUT2D eigenvalue weighted by Gasteiger charge is -2.33. The number of piperidine rings is 1. The van der Waals surface area contributed by atoms with Crippen molar-refractivity contribution >= 4 is 23.7 Å². The van der Waals surface area contributed by atoms with Crippen LogP contribution in [0.25, 0.3) is 0 Å². The van der Waals surface area contributed by atoms with E-state index in [0.29, 0.717) is 24.9 Å². The number of rotatable bonds is 6. The summed E-state index contributed by atoms with van der Waals surface area (Å²) < 4.78 is 0. The molecule has 29 heavy (non-hydrogen) atoms. The first-order valence-electron chi connectivity index (χ1n) is 10.6. The monoisotopic (exact) mass is 397 g/mol. The summed E-state index contributed by atoms with van der Waals surface area (Å²) in [6.45, 7) is 2.02. The third-order valence-corrected chi connectivity index (χ3v) is 6.51. The van der Waals surface area contributed by atoms with E-state index < -0.39 is 0 Å². The maximum Gasteiger partial charge on any atom is 0.241 e. The van der Waals surface area contributed by atoms with Gasteiger partial charge in [-0.2, -0.15) is 0 Å². The molecule has 0 aromatic heterocycles. The van der Waals surface area contributed by atoms with Gasteiger partial charge in [0.15, 0.2) is 0 Å². The highest BCUT2D eigenvalue weighted by Gasteiger charge is 2.42. The van der Waals surface area contributed by atoms with Crippen molar-refractivity contribution in [1.29, 1.82) is 0 Å². The van der Waals surface area contributed by atoms with E-state index in [-0.39, 0.29) is 23.9 Å². The third-order valence-electron chi connectivity index (χ3n) is 6.51. The van der Waals surface area contributed by atoms with Gasteiger partial charge in [-0.25, -0.2) is 0 Å². The standard InChI is InChI=1S/C22H31N5O2/c1-23-13-18(25-22(29)21-16-5-6-17(12-16)24-21)11-15-3-7-19(8-4-15)27-10-9-26(2)20(28)14-27/h3-4,7-8,13,16-18,21,24H,5-6,9-12,14H2,1-2H3,(H,25,29)/b23-13+/t16-,17+,18-,21-/m0/s1. The average molecular weight is 398 g/mol. The number of fused-ring (bicyclic) bond motifs is 2. The molecule has 2 heterocycles. The molecule has 0 unspecified atom stereocenters. The van der Waals surface area contributed by atoms with Crippen molar-refractivity contribution in [3.63, 3.8) is 0 Å². The zero-order valence-electron chi connectivity index (χ0n) is 17.3. The molecule has 2 saturated heterocycles. The van der Waals surface area contributed by atoms with Crippen molar-refractivity contribution in [1.82, 2.24) is 15.5 Å². The van der Waals surface area contributed by atoms with Crippen LogP contribution in [0.5, 0.6) is 0 Å². The Kier molecular flexibility index (Phi) is 5.85. The number of nitrogens with zero attached hydrogens (tertiary/aromatic N) is 3. The molecule has 156 valence electrons. The van der Waals surface area contributed by atoms with E-state index in [1.807, 2.05) is 13.3 Å². The molecule has 2 N–H and O–H groups in total. The van der Waals surface area contributed by atoms with E-state index in [1.54, 1.807) is 11.9 Å². The maximum atomic E-state index is 12.8. The molecule has 7 nitrogen and oxygen atoms in total. The predicted octanol–water partition coefficient (Wildman–Crippen LogP) is 0.833. The summed E-state index contributed by atoms with van der Waals surface area (Å²) in [6.07, 6.45) is 5.99. The van der Waals surface area contributed by atoms with E-state index in [9.17, 15) is 9.59 Å². The number of carbonyl (C=O) groups is 2. The Morgan fingerprint density at radius 1 is 1.31 bits per heavy atom. The number of amides is 2. The third kappa shape index (κ3) is 4.45. The Balaban J connectivity index is 1.36. The topological polar surface area (TPSA) is 77.0 Å². The fraction of sp³-hybridized carbons (Fsp3) is 0.591. The van der Waals surface area contributed by atoms with E-state index >= 15 is 0 Å². The summed E-state index contributed by atoms with van der Waals surface area (Å²) in [5.41, 5.74) is 2.20. The molecular formula is C22H31N5O2. The highest BCUT2D eigenvalue weighted by atomic mass is 16.2. The number of likely N-dealkylation sites (N-methyl/N-ethyl adjacent to an activating group) is 1. The Morgan fingerprint density at radius 3 is 2.72 bits per heavy atom. The van der Waals surface area contributed by atoms with Crippen LogP contribution in [-0.4, -0.2) is 74.8 Å². The molecule has 4 rings (SSSR count). The zero-order chi connectivity index (χ0) is 20.4. The van der Waals surface area contributed by atoms with Crippen LogP contribution in [0, 0.1) is 5.92 Å². The van der Waals surface area contributed by atoms with Crippen LogP contribution >= 0.6 is 0 Å². The van der Waals surface area contributed by atoms with Gasteiger partial charge in [-0.3, -0.25) is 14.6 Å². The molecule has 0 radical (unpaired) electrons. The van der Waals surface area contributed by atoms with Gasteiger partial charge in [-0.15, -0.1) is 0 Å². The SMILES string of the molecule is C/N=C/[C@H](Cc1ccc(N2CCN(C)C(=O)C2)cc1)NC(=O)[C@H]1N[C@@H]2CC[C@H]1C2. The minimum absolute atomic E-state index is 0.0568. The quantitative estimate of drug-likeness (QED) is 0.698. The molecule has 2 aliphatic heterocycles. The Hall–Kier alpha value is -2.41. The molecular weight excluding hydrogens is 366 g/mol. The number of anilines is 1. The normalized spacial score (nSPS) is 27.7. The van der Waals surface area contributed by atoms with Gasteiger partial charge in [0.25, 0.3) is 0 Å². The summed E-state index contributed by atoms with van der Waals surface area (Å²) in [7, 11) is 3.58. The van der Waals surface area contributed by atoms with Crippen LogP contribution in [0.3, 0.4) is 0 Å². The van der Waals surface area contributed by atoms with Crippen molar-refractivity contribution < 1.29 is 9.59 Å². The van der Waals surface area contributed by atoms with Crippen molar-refractivity contribution in [2.75, 3.05) is 38.6 Å². The molecule has 2 bridgehead atoms. The molecule has 1 aromatic carbocycles. The average Bonchev–Trinajstić information content (AvgIpc) is 3.34. The summed E-state index contributed by atoms with van der Waals surface area (Å²) >= 11 is 0. The van der Waals surface area contributed by atoms with Crippen molar-refractivity contribution in [2.24, 2.45) is 10.9 Å². The number of piperazine rings is 1. The second-order valence-corrected chi connectivity index (χ2v) is 8.54. The van der Waals surface area contributed by atoms with E-state index in [4.69, 9.17) is 0 Å². The minimum atomic E-state index is -0.121. The molecule has 1 aliphatic carbocycles. The first-order chi connectivity index (χ1) is 14.0. The number of carbonyl (C=O) groups excluding carboxylic acids is 2. The number of benzene rings is 1. The Bertz CT molecular complexity index is 778.